The average molecular weight is 277 g/mol. The lowest BCUT2D eigenvalue weighted by Crippen LogP contribution is -2.28. The Bertz CT molecular complexity index is 516. The number of anilines is 1. The van der Waals surface area contributed by atoms with Gasteiger partial charge >= 0.3 is 0 Å². The first kappa shape index (κ1) is 14.7. The highest BCUT2D eigenvalue weighted by Gasteiger charge is 2.36. The number of carbonyl (C=O) groups is 1. The van der Waals surface area contributed by atoms with Crippen molar-refractivity contribution in [3.8, 4) is 0 Å². The van der Waals surface area contributed by atoms with Gasteiger partial charge in [-0.15, -0.1) is 0 Å². The van der Waals surface area contributed by atoms with E-state index in [2.05, 4.69) is 5.10 Å². The lowest BCUT2D eigenvalue weighted by Gasteiger charge is -2.14. The van der Waals surface area contributed by atoms with Crippen molar-refractivity contribution in [3.63, 3.8) is 0 Å². The quantitative estimate of drug-likeness (QED) is 0.869. The molecule has 0 fully saturated rings. The molecule has 1 aliphatic heterocycles. The van der Waals surface area contributed by atoms with Gasteiger partial charge in [-0.1, -0.05) is 25.5 Å². The molecule has 0 radical (unpaired) electrons. The molecule has 0 bridgehead atoms. The zero-order valence-electron chi connectivity index (χ0n) is 11.7. The zero-order chi connectivity index (χ0) is 14.5. The highest BCUT2D eigenvalue weighted by Crippen LogP contribution is 2.29. The number of nitrogens with two attached hydrogens (primary N) is 1. The summed E-state index contributed by atoms with van der Waals surface area (Å²) in [5, 5.41) is 5.55. The maximum Gasteiger partial charge on any atom is 0.256 e. The number of amides is 1. The van der Waals surface area contributed by atoms with Gasteiger partial charge < -0.3 is 5.73 Å². The smallest absolute Gasteiger partial charge is 0.256 e. The van der Waals surface area contributed by atoms with E-state index in [1.807, 2.05) is 6.92 Å². The highest BCUT2D eigenvalue weighted by atomic mass is 19.1. The van der Waals surface area contributed by atoms with E-state index in [9.17, 15) is 9.18 Å². The first-order valence-corrected chi connectivity index (χ1v) is 7.05. The monoisotopic (exact) mass is 277 g/mol. The Hall–Kier alpha value is -1.75. The van der Waals surface area contributed by atoms with E-state index in [0.717, 1.165) is 25.0 Å². The van der Waals surface area contributed by atoms with E-state index in [1.54, 1.807) is 18.2 Å². The summed E-state index contributed by atoms with van der Waals surface area (Å²) in [6.45, 7) is 2.58. The number of hydrazone groups is 1. The summed E-state index contributed by atoms with van der Waals surface area (Å²) in [5.74, 6) is -0.829. The summed E-state index contributed by atoms with van der Waals surface area (Å²) >= 11 is 0. The Balaban J connectivity index is 2.27. The highest BCUT2D eigenvalue weighted by molar-refractivity contribution is 6.15. The van der Waals surface area contributed by atoms with Gasteiger partial charge in [-0.05, 0) is 37.9 Å². The van der Waals surface area contributed by atoms with Crippen molar-refractivity contribution in [2.24, 2.45) is 16.8 Å². The lowest BCUT2D eigenvalue weighted by atomic mass is 9.94. The minimum atomic E-state index is -0.431. The van der Waals surface area contributed by atoms with Gasteiger partial charge in [-0.25, -0.2) is 4.39 Å². The predicted molar refractivity (Wildman–Crippen MR) is 78.0 cm³/mol. The second kappa shape index (κ2) is 6.61. The van der Waals surface area contributed by atoms with Crippen LogP contribution in [0, 0.1) is 11.7 Å². The molecule has 1 atom stereocenters. The molecule has 0 saturated heterocycles. The number of hydrogen-bond donors (Lipinski definition) is 1. The summed E-state index contributed by atoms with van der Waals surface area (Å²) in [4.78, 5) is 12.5. The molecular weight excluding hydrogens is 257 g/mol. The van der Waals surface area contributed by atoms with Crippen molar-refractivity contribution in [1.29, 1.82) is 0 Å². The fourth-order valence-corrected chi connectivity index (χ4v) is 2.43. The number of nitrogens with zero attached hydrogens (tertiary/aromatic N) is 2. The standard InChI is InChI=1S/C15H20FN3O/c1-2-6-13-11(7-5-10-17)15(20)19(18-13)14-9-4-3-8-12(14)16/h3-4,8-9,11H,2,5-7,10,17H2,1H3. The molecule has 2 rings (SSSR count). The molecule has 4 nitrogen and oxygen atoms in total. The van der Waals surface area contributed by atoms with Gasteiger partial charge in [0.2, 0.25) is 0 Å². The molecule has 0 spiro atoms. The third-order valence-corrected chi connectivity index (χ3v) is 3.42. The third-order valence-electron chi connectivity index (χ3n) is 3.42. The van der Waals surface area contributed by atoms with E-state index < -0.39 is 5.82 Å². The number of carbonyl (C=O) groups excluding carboxylic acids is 1. The molecule has 108 valence electrons. The van der Waals surface area contributed by atoms with Gasteiger partial charge in [0.05, 0.1) is 11.6 Å². The summed E-state index contributed by atoms with van der Waals surface area (Å²) in [6, 6.07) is 6.21. The SMILES string of the molecule is CCCC1=NN(c2ccccc2F)C(=O)C1CCCN. The maximum absolute atomic E-state index is 13.8. The molecule has 20 heavy (non-hydrogen) atoms. The van der Waals surface area contributed by atoms with Crippen molar-refractivity contribution in [3.05, 3.63) is 30.1 Å². The molecule has 1 amide bonds. The number of benzene rings is 1. The molecule has 5 heteroatoms. The van der Waals surface area contributed by atoms with Crippen LogP contribution in [-0.4, -0.2) is 18.2 Å². The fraction of sp³-hybridized carbons (Fsp3) is 0.467. The second-order valence-electron chi connectivity index (χ2n) is 4.93. The van der Waals surface area contributed by atoms with Crippen LogP contribution in [0.2, 0.25) is 0 Å². The molecule has 0 aliphatic carbocycles. The topological polar surface area (TPSA) is 58.7 Å². The van der Waals surface area contributed by atoms with Crippen LogP contribution in [0.25, 0.3) is 0 Å². The third kappa shape index (κ3) is 2.88. The van der Waals surface area contributed by atoms with Crippen LogP contribution >= 0.6 is 0 Å². The largest absolute Gasteiger partial charge is 0.330 e. The van der Waals surface area contributed by atoms with Crippen LogP contribution in [-0.2, 0) is 4.79 Å². The van der Waals surface area contributed by atoms with Crippen LogP contribution in [0.4, 0.5) is 10.1 Å². The zero-order valence-corrected chi connectivity index (χ0v) is 11.7. The van der Waals surface area contributed by atoms with E-state index >= 15 is 0 Å². The van der Waals surface area contributed by atoms with Gasteiger partial charge in [0.25, 0.3) is 5.91 Å². The van der Waals surface area contributed by atoms with Gasteiger partial charge in [-0.3, -0.25) is 4.79 Å². The van der Waals surface area contributed by atoms with Crippen LogP contribution in [0.3, 0.4) is 0 Å². The first-order chi connectivity index (χ1) is 9.69. The van der Waals surface area contributed by atoms with E-state index in [-0.39, 0.29) is 17.5 Å². The number of hydrogen-bond acceptors (Lipinski definition) is 3. The molecule has 0 aromatic heterocycles. The van der Waals surface area contributed by atoms with Crippen molar-refractivity contribution in [2.45, 2.75) is 32.6 Å². The van der Waals surface area contributed by atoms with Crippen LogP contribution in [0.15, 0.2) is 29.4 Å². The molecule has 2 N–H and O–H groups in total. The molecule has 1 unspecified atom stereocenters. The normalized spacial score (nSPS) is 18.6. The van der Waals surface area contributed by atoms with Gasteiger partial charge in [0, 0.05) is 0 Å². The fourth-order valence-electron chi connectivity index (χ4n) is 2.43. The summed E-state index contributed by atoms with van der Waals surface area (Å²) in [6.07, 6.45) is 3.12. The molecule has 1 aromatic carbocycles. The number of para-hydroxylation sites is 1. The molecule has 0 saturated carbocycles. The number of halogens is 1. The van der Waals surface area contributed by atoms with E-state index in [0.29, 0.717) is 13.0 Å². The summed E-state index contributed by atoms with van der Waals surface area (Å²) in [5.41, 5.74) is 6.58. The van der Waals surface area contributed by atoms with Gasteiger partial charge in [0.15, 0.2) is 0 Å². The molecule has 1 aromatic rings. The lowest BCUT2D eigenvalue weighted by molar-refractivity contribution is -0.120. The summed E-state index contributed by atoms with van der Waals surface area (Å²) < 4.78 is 13.8. The van der Waals surface area contributed by atoms with Crippen LogP contribution in [0.1, 0.15) is 32.6 Å². The van der Waals surface area contributed by atoms with Crippen LogP contribution < -0.4 is 10.7 Å². The Labute approximate surface area is 118 Å². The maximum atomic E-state index is 13.8. The van der Waals surface area contributed by atoms with Crippen molar-refractivity contribution >= 4 is 17.3 Å². The minimum Gasteiger partial charge on any atom is -0.330 e. The van der Waals surface area contributed by atoms with E-state index in [4.69, 9.17) is 5.73 Å². The Kier molecular flexibility index (Phi) is 4.84. The number of rotatable bonds is 6. The van der Waals surface area contributed by atoms with Crippen LogP contribution in [0.5, 0.6) is 0 Å². The molecule has 1 aliphatic rings. The van der Waals surface area contributed by atoms with Crippen molar-refractivity contribution < 1.29 is 9.18 Å². The van der Waals surface area contributed by atoms with Crippen molar-refractivity contribution in [2.75, 3.05) is 11.6 Å². The average Bonchev–Trinajstić information content (AvgIpc) is 2.74. The Morgan fingerprint density at radius 1 is 1.40 bits per heavy atom. The Morgan fingerprint density at radius 3 is 2.80 bits per heavy atom. The van der Waals surface area contributed by atoms with Gasteiger partial charge in [0.1, 0.15) is 11.5 Å². The summed E-state index contributed by atoms with van der Waals surface area (Å²) in [7, 11) is 0. The minimum absolute atomic E-state index is 0.146. The first-order valence-electron chi connectivity index (χ1n) is 7.05. The van der Waals surface area contributed by atoms with E-state index in [1.165, 1.54) is 11.1 Å². The van der Waals surface area contributed by atoms with Gasteiger partial charge in [-0.2, -0.15) is 10.1 Å². The molecular formula is C15H20FN3O. The van der Waals surface area contributed by atoms with Crippen molar-refractivity contribution in [1.82, 2.24) is 0 Å². The molecule has 1 heterocycles. The Morgan fingerprint density at radius 2 is 2.15 bits per heavy atom. The predicted octanol–water partition coefficient (Wildman–Crippen LogP) is 2.68. The second-order valence-corrected chi connectivity index (χ2v) is 4.93.